The Morgan fingerprint density at radius 1 is 1.00 bits per heavy atom. The van der Waals surface area contributed by atoms with Gasteiger partial charge in [-0.2, -0.15) is 0 Å². The molecule has 0 saturated heterocycles. The van der Waals surface area contributed by atoms with E-state index >= 15 is 0 Å². The number of hydrogen-bond acceptors (Lipinski definition) is 3. The maximum atomic E-state index is 13.1. The minimum atomic E-state index is -0.614. The van der Waals surface area contributed by atoms with E-state index in [9.17, 15) is 9.59 Å². The van der Waals surface area contributed by atoms with Gasteiger partial charge in [0.2, 0.25) is 5.91 Å². The van der Waals surface area contributed by atoms with Crippen LogP contribution in [-0.4, -0.2) is 35.4 Å². The smallest absolute Gasteiger partial charge is 0.261 e. The Morgan fingerprint density at radius 2 is 1.61 bits per heavy atom. The molecule has 0 saturated carbocycles. The summed E-state index contributed by atoms with van der Waals surface area (Å²) in [6, 6.07) is 14.9. The van der Waals surface area contributed by atoms with Crippen LogP contribution in [0.4, 0.5) is 0 Å². The van der Waals surface area contributed by atoms with Crippen molar-refractivity contribution in [2.45, 2.75) is 65.6 Å². The molecule has 2 amide bonds. The number of hydrogen-bond donors (Lipinski definition) is 1. The molecule has 0 spiro atoms. The van der Waals surface area contributed by atoms with Crippen molar-refractivity contribution in [3.8, 4) is 5.75 Å². The predicted molar refractivity (Wildman–Crippen MR) is 128 cm³/mol. The average molecular weight is 489 g/mol. The van der Waals surface area contributed by atoms with Gasteiger partial charge in [0, 0.05) is 17.1 Å². The second-order valence-electron chi connectivity index (χ2n) is 8.15. The SMILES string of the molecule is CCC(C)NC(=O)C(C)N(Cc1ccc(Br)cc1)C(=O)COc1ccc(C(C)C)cc1. The first kappa shape index (κ1) is 24.9. The van der Waals surface area contributed by atoms with Gasteiger partial charge >= 0.3 is 0 Å². The molecule has 2 rings (SSSR count). The zero-order valence-electron chi connectivity index (χ0n) is 19.0. The Kier molecular flexibility index (Phi) is 9.56. The van der Waals surface area contributed by atoms with Crippen molar-refractivity contribution in [2.24, 2.45) is 0 Å². The van der Waals surface area contributed by atoms with Gasteiger partial charge in [0.25, 0.3) is 5.91 Å². The molecule has 0 aliphatic heterocycles. The first-order valence-corrected chi connectivity index (χ1v) is 11.6. The second kappa shape index (κ2) is 11.9. The van der Waals surface area contributed by atoms with Gasteiger partial charge in [-0.3, -0.25) is 9.59 Å². The highest BCUT2D eigenvalue weighted by atomic mass is 79.9. The second-order valence-corrected chi connectivity index (χ2v) is 9.07. The third-order valence-electron chi connectivity index (χ3n) is 5.34. The lowest BCUT2D eigenvalue weighted by molar-refractivity contribution is -0.142. The van der Waals surface area contributed by atoms with Gasteiger partial charge in [-0.1, -0.05) is 61.0 Å². The van der Waals surface area contributed by atoms with Crippen LogP contribution in [-0.2, 0) is 16.1 Å². The van der Waals surface area contributed by atoms with Crippen LogP contribution in [0.1, 0.15) is 58.1 Å². The van der Waals surface area contributed by atoms with Gasteiger partial charge in [0.15, 0.2) is 6.61 Å². The minimum absolute atomic E-state index is 0.0512. The Labute approximate surface area is 194 Å². The topological polar surface area (TPSA) is 58.6 Å². The monoisotopic (exact) mass is 488 g/mol. The molecule has 2 aromatic rings. The van der Waals surface area contributed by atoms with E-state index in [2.05, 4.69) is 35.1 Å². The Balaban J connectivity index is 2.12. The minimum Gasteiger partial charge on any atom is -0.484 e. The lowest BCUT2D eigenvalue weighted by atomic mass is 10.0. The molecular formula is C25H33BrN2O3. The lowest BCUT2D eigenvalue weighted by Crippen LogP contribution is -2.50. The van der Waals surface area contributed by atoms with Crippen molar-refractivity contribution in [1.82, 2.24) is 10.2 Å². The summed E-state index contributed by atoms with van der Waals surface area (Å²) in [6.45, 7) is 10.2. The van der Waals surface area contributed by atoms with Crippen molar-refractivity contribution in [3.63, 3.8) is 0 Å². The summed E-state index contributed by atoms with van der Waals surface area (Å²) in [5.41, 5.74) is 2.16. The van der Waals surface area contributed by atoms with E-state index in [1.807, 2.05) is 62.4 Å². The van der Waals surface area contributed by atoms with Gasteiger partial charge in [0.05, 0.1) is 0 Å². The number of carbonyl (C=O) groups excluding carboxylic acids is 2. The van der Waals surface area contributed by atoms with Gasteiger partial charge < -0.3 is 15.0 Å². The highest BCUT2D eigenvalue weighted by Gasteiger charge is 2.27. The van der Waals surface area contributed by atoms with Crippen molar-refractivity contribution >= 4 is 27.7 Å². The number of halogens is 1. The quantitative estimate of drug-likeness (QED) is 0.494. The lowest BCUT2D eigenvalue weighted by Gasteiger charge is -2.29. The molecule has 0 aliphatic rings. The molecule has 2 unspecified atom stereocenters. The third kappa shape index (κ3) is 7.69. The predicted octanol–water partition coefficient (Wildman–Crippen LogP) is 5.28. The molecule has 2 atom stereocenters. The summed E-state index contributed by atoms with van der Waals surface area (Å²) in [5.74, 6) is 0.670. The number of nitrogens with one attached hydrogen (secondary N) is 1. The average Bonchev–Trinajstić information content (AvgIpc) is 2.76. The van der Waals surface area contributed by atoms with Crippen molar-refractivity contribution < 1.29 is 14.3 Å². The van der Waals surface area contributed by atoms with E-state index < -0.39 is 6.04 Å². The van der Waals surface area contributed by atoms with E-state index in [-0.39, 0.29) is 24.5 Å². The van der Waals surface area contributed by atoms with Gasteiger partial charge in [-0.15, -0.1) is 0 Å². The number of rotatable bonds is 10. The molecule has 2 aromatic carbocycles. The van der Waals surface area contributed by atoms with Crippen molar-refractivity contribution in [3.05, 3.63) is 64.1 Å². The highest BCUT2D eigenvalue weighted by molar-refractivity contribution is 9.10. The largest absolute Gasteiger partial charge is 0.484 e. The normalized spacial score (nSPS) is 12.9. The Bertz CT molecular complexity index is 850. The fourth-order valence-electron chi connectivity index (χ4n) is 3.01. The number of amides is 2. The first-order valence-electron chi connectivity index (χ1n) is 10.8. The van der Waals surface area contributed by atoms with Crippen LogP contribution in [0.5, 0.6) is 5.75 Å². The van der Waals surface area contributed by atoms with Gasteiger partial charge in [-0.05, 0) is 61.6 Å². The summed E-state index contributed by atoms with van der Waals surface area (Å²) in [6.07, 6.45) is 0.828. The molecule has 0 fully saturated rings. The standard InChI is InChI=1S/C25H33BrN2O3/c1-6-18(4)27-25(30)19(5)28(15-20-7-11-22(26)12-8-20)24(29)16-31-23-13-9-21(10-14-23)17(2)3/h7-14,17-19H,6,15-16H2,1-5H3,(H,27,30). The molecule has 0 heterocycles. The summed E-state index contributed by atoms with van der Waals surface area (Å²) in [5, 5.41) is 2.97. The Hall–Kier alpha value is -2.34. The van der Waals surface area contributed by atoms with E-state index in [0.717, 1.165) is 16.5 Å². The maximum Gasteiger partial charge on any atom is 0.261 e. The highest BCUT2D eigenvalue weighted by Crippen LogP contribution is 2.19. The number of carbonyl (C=O) groups is 2. The molecule has 0 aromatic heterocycles. The van der Waals surface area contributed by atoms with Crippen LogP contribution in [0.3, 0.4) is 0 Å². The number of ether oxygens (including phenoxy) is 1. The van der Waals surface area contributed by atoms with Crippen LogP contribution >= 0.6 is 15.9 Å². The molecule has 0 radical (unpaired) electrons. The fraction of sp³-hybridized carbons (Fsp3) is 0.440. The van der Waals surface area contributed by atoms with E-state index in [1.165, 1.54) is 5.56 Å². The van der Waals surface area contributed by atoms with E-state index in [1.54, 1.807) is 11.8 Å². The fourth-order valence-corrected chi connectivity index (χ4v) is 3.28. The molecule has 0 aliphatic carbocycles. The van der Waals surface area contributed by atoms with Gasteiger partial charge in [-0.25, -0.2) is 0 Å². The molecule has 0 bridgehead atoms. The summed E-state index contributed by atoms with van der Waals surface area (Å²) in [7, 11) is 0. The van der Waals surface area contributed by atoms with Crippen LogP contribution in [0.25, 0.3) is 0 Å². The van der Waals surface area contributed by atoms with Crippen LogP contribution in [0.15, 0.2) is 53.0 Å². The summed E-state index contributed by atoms with van der Waals surface area (Å²) < 4.78 is 6.70. The number of nitrogens with zero attached hydrogens (tertiary/aromatic N) is 1. The zero-order chi connectivity index (χ0) is 23.0. The molecule has 5 nitrogen and oxygen atoms in total. The third-order valence-corrected chi connectivity index (χ3v) is 5.87. The molecule has 1 N–H and O–H groups in total. The molecule has 6 heteroatoms. The summed E-state index contributed by atoms with van der Waals surface area (Å²) in [4.78, 5) is 27.4. The Morgan fingerprint density at radius 3 is 2.16 bits per heavy atom. The van der Waals surface area contributed by atoms with Gasteiger partial charge in [0.1, 0.15) is 11.8 Å². The number of benzene rings is 2. The molecular weight excluding hydrogens is 456 g/mol. The van der Waals surface area contributed by atoms with Crippen LogP contribution in [0, 0.1) is 0 Å². The van der Waals surface area contributed by atoms with Crippen LogP contribution < -0.4 is 10.1 Å². The van der Waals surface area contributed by atoms with Crippen molar-refractivity contribution in [2.75, 3.05) is 6.61 Å². The molecule has 31 heavy (non-hydrogen) atoms. The van der Waals surface area contributed by atoms with E-state index in [4.69, 9.17) is 4.74 Å². The van der Waals surface area contributed by atoms with E-state index in [0.29, 0.717) is 18.2 Å². The summed E-state index contributed by atoms with van der Waals surface area (Å²) >= 11 is 3.43. The van der Waals surface area contributed by atoms with Crippen molar-refractivity contribution in [1.29, 1.82) is 0 Å². The van der Waals surface area contributed by atoms with Crippen LogP contribution in [0.2, 0.25) is 0 Å². The zero-order valence-corrected chi connectivity index (χ0v) is 20.6. The maximum absolute atomic E-state index is 13.1. The molecule has 168 valence electrons. The first-order chi connectivity index (χ1) is 14.7.